The zero-order valence-corrected chi connectivity index (χ0v) is 10.9. The van der Waals surface area contributed by atoms with Crippen molar-refractivity contribution in [3.8, 4) is 5.82 Å². The van der Waals surface area contributed by atoms with Gasteiger partial charge in [-0.1, -0.05) is 13.8 Å². The first-order valence-electron chi connectivity index (χ1n) is 5.30. The van der Waals surface area contributed by atoms with Crippen LogP contribution in [0.1, 0.15) is 25.2 Å². The van der Waals surface area contributed by atoms with Gasteiger partial charge in [-0.2, -0.15) is 5.10 Å². The Morgan fingerprint density at radius 3 is 2.62 bits per heavy atom. The Kier molecular flexibility index (Phi) is 3.33. The predicted molar refractivity (Wildman–Crippen MR) is 65.6 cm³/mol. The lowest BCUT2D eigenvalue weighted by Crippen LogP contribution is -2.04. The minimum atomic E-state index is 0.771. The monoisotopic (exact) mass is 280 g/mol. The third-order valence-electron chi connectivity index (χ3n) is 2.39. The Labute approximate surface area is 103 Å². The molecule has 2 rings (SSSR count). The molecular formula is C11H13BrN4. The van der Waals surface area contributed by atoms with Gasteiger partial charge in [-0.3, -0.25) is 0 Å². The standard InChI is InChI=1S/C11H13BrN4/c1-3-8-5-9(4-2)16(15-8)11-6-10(12)13-7-14-11/h5-7H,3-4H2,1-2H3. The summed E-state index contributed by atoms with van der Waals surface area (Å²) in [4.78, 5) is 8.24. The fourth-order valence-electron chi connectivity index (χ4n) is 1.54. The predicted octanol–water partition coefficient (Wildman–Crippen LogP) is 2.55. The van der Waals surface area contributed by atoms with Crippen LogP contribution in [0.3, 0.4) is 0 Å². The Balaban J connectivity index is 2.50. The molecule has 0 aliphatic rings. The number of nitrogens with zero attached hydrogens (tertiary/aromatic N) is 4. The van der Waals surface area contributed by atoms with Crippen molar-refractivity contribution in [2.45, 2.75) is 26.7 Å². The molecule has 0 N–H and O–H groups in total. The van der Waals surface area contributed by atoms with Gasteiger partial charge in [-0.15, -0.1) is 0 Å². The average Bonchev–Trinajstić information content (AvgIpc) is 2.72. The van der Waals surface area contributed by atoms with E-state index in [-0.39, 0.29) is 0 Å². The van der Waals surface area contributed by atoms with E-state index in [2.05, 4.69) is 50.9 Å². The summed E-state index contributed by atoms with van der Waals surface area (Å²) in [6, 6.07) is 3.99. The van der Waals surface area contributed by atoms with Crippen LogP contribution in [-0.2, 0) is 12.8 Å². The largest absolute Gasteiger partial charge is 0.229 e. The number of hydrogen-bond acceptors (Lipinski definition) is 3. The number of rotatable bonds is 3. The van der Waals surface area contributed by atoms with Crippen LogP contribution in [0.4, 0.5) is 0 Å². The molecule has 0 spiro atoms. The maximum absolute atomic E-state index is 4.52. The third kappa shape index (κ3) is 2.14. The summed E-state index contributed by atoms with van der Waals surface area (Å²) >= 11 is 3.34. The highest BCUT2D eigenvalue weighted by Gasteiger charge is 2.08. The van der Waals surface area contributed by atoms with Crippen molar-refractivity contribution in [3.05, 3.63) is 34.5 Å². The molecule has 5 heteroatoms. The summed E-state index contributed by atoms with van der Waals surface area (Å²) in [6.45, 7) is 4.21. The van der Waals surface area contributed by atoms with Gasteiger partial charge in [0.1, 0.15) is 10.9 Å². The van der Waals surface area contributed by atoms with Crippen LogP contribution in [0.15, 0.2) is 23.1 Å². The molecule has 0 fully saturated rings. The summed E-state index contributed by atoms with van der Waals surface area (Å²) in [5.41, 5.74) is 2.26. The van der Waals surface area contributed by atoms with Crippen molar-refractivity contribution >= 4 is 15.9 Å². The van der Waals surface area contributed by atoms with Crippen LogP contribution in [0, 0.1) is 0 Å². The molecule has 0 aliphatic heterocycles. The summed E-state index contributed by atoms with van der Waals surface area (Å²) in [6.07, 6.45) is 3.41. The smallest absolute Gasteiger partial charge is 0.158 e. The van der Waals surface area contributed by atoms with Crippen molar-refractivity contribution in [1.29, 1.82) is 0 Å². The summed E-state index contributed by atoms with van der Waals surface area (Å²) in [5.74, 6) is 0.804. The number of hydrogen-bond donors (Lipinski definition) is 0. The lowest BCUT2D eigenvalue weighted by molar-refractivity contribution is 0.767. The topological polar surface area (TPSA) is 43.6 Å². The van der Waals surface area contributed by atoms with E-state index in [4.69, 9.17) is 0 Å². The molecule has 0 bridgehead atoms. The maximum atomic E-state index is 4.52. The van der Waals surface area contributed by atoms with E-state index in [0.29, 0.717) is 0 Å². The number of aromatic nitrogens is 4. The van der Waals surface area contributed by atoms with Crippen molar-refractivity contribution in [2.24, 2.45) is 0 Å². The lowest BCUT2D eigenvalue weighted by Gasteiger charge is -2.04. The highest BCUT2D eigenvalue weighted by atomic mass is 79.9. The fraction of sp³-hybridized carbons (Fsp3) is 0.364. The van der Waals surface area contributed by atoms with Crippen LogP contribution in [0.25, 0.3) is 5.82 Å². The molecule has 84 valence electrons. The Bertz CT molecular complexity index is 492. The van der Waals surface area contributed by atoms with E-state index < -0.39 is 0 Å². The Morgan fingerprint density at radius 2 is 2.00 bits per heavy atom. The third-order valence-corrected chi connectivity index (χ3v) is 2.83. The van der Waals surface area contributed by atoms with E-state index in [0.717, 1.165) is 29.0 Å². The Hall–Kier alpha value is -1.23. The van der Waals surface area contributed by atoms with E-state index in [1.54, 1.807) is 0 Å². The molecule has 0 radical (unpaired) electrons. The van der Waals surface area contributed by atoms with Gasteiger partial charge in [-0.05, 0) is 34.8 Å². The van der Waals surface area contributed by atoms with Crippen LogP contribution in [-0.4, -0.2) is 19.7 Å². The molecule has 0 saturated heterocycles. The molecule has 2 aromatic rings. The van der Waals surface area contributed by atoms with Crippen molar-refractivity contribution < 1.29 is 0 Å². The van der Waals surface area contributed by atoms with Crippen molar-refractivity contribution in [2.75, 3.05) is 0 Å². The molecule has 0 aliphatic carbocycles. The molecule has 0 aromatic carbocycles. The zero-order chi connectivity index (χ0) is 11.5. The summed E-state index contributed by atoms with van der Waals surface area (Å²) in [5, 5.41) is 4.52. The first-order chi connectivity index (χ1) is 7.74. The number of halogens is 1. The second-order valence-electron chi connectivity index (χ2n) is 3.44. The van der Waals surface area contributed by atoms with E-state index in [1.807, 2.05) is 10.7 Å². The maximum Gasteiger partial charge on any atom is 0.158 e. The number of aryl methyl sites for hydroxylation is 2. The molecule has 4 nitrogen and oxygen atoms in total. The van der Waals surface area contributed by atoms with Gasteiger partial charge in [0.05, 0.1) is 5.69 Å². The molecular weight excluding hydrogens is 268 g/mol. The van der Waals surface area contributed by atoms with E-state index in [9.17, 15) is 0 Å². The quantitative estimate of drug-likeness (QED) is 0.812. The fourth-order valence-corrected chi connectivity index (χ4v) is 1.83. The molecule has 2 heterocycles. The van der Waals surface area contributed by atoms with Crippen LogP contribution >= 0.6 is 15.9 Å². The van der Waals surface area contributed by atoms with E-state index in [1.165, 1.54) is 12.0 Å². The normalized spacial score (nSPS) is 10.7. The minimum absolute atomic E-state index is 0.771. The van der Waals surface area contributed by atoms with E-state index >= 15 is 0 Å². The summed E-state index contributed by atoms with van der Waals surface area (Å²) in [7, 11) is 0. The van der Waals surface area contributed by atoms with Crippen molar-refractivity contribution in [3.63, 3.8) is 0 Å². The molecule has 0 unspecified atom stereocenters. The van der Waals surface area contributed by atoms with Gasteiger partial charge in [0.25, 0.3) is 0 Å². The van der Waals surface area contributed by atoms with Gasteiger partial charge >= 0.3 is 0 Å². The first kappa shape index (κ1) is 11.3. The van der Waals surface area contributed by atoms with Crippen LogP contribution in [0.5, 0.6) is 0 Å². The van der Waals surface area contributed by atoms with Gasteiger partial charge in [0.15, 0.2) is 5.82 Å². The van der Waals surface area contributed by atoms with Gasteiger partial charge in [0, 0.05) is 11.8 Å². The summed E-state index contributed by atoms with van der Waals surface area (Å²) < 4.78 is 2.65. The molecule has 0 saturated carbocycles. The minimum Gasteiger partial charge on any atom is -0.229 e. The van der Waals surface area contributed by atoms with Gasteiger partial charge < -0.3 is 0 Å². The first-order valence-corrected chi connectivity index (χ1v) is 6.09. The van der Waals surface area contributed by atoms with Crippen LogP contribution in [0.2, 0.25) is 0 Å². The second-order valence-corrected chi connectivity index (χ2v) is 4.26. The van der Waals surface area contributed by atoms with Gasteiger partial charge in [0.2, 0.25) is 0 Å². The highest BCUT2D eigenvalue weighted by molar-refractivity contribution is 9.10. The molecule has 0 amide bonds. The Morgan fingerprint density at radius 1 is 1.19 bits per heavy atom. The second kappa shape index (κ2) is 4.74. The van der Waals surface area contributed by atoms with Crippen LogP contribution < -0.4 is 0 Å². The van der Waals surface area contributed by atoms with Crippen molar-refractivity contribution in [1.82, 2.24) is 19.7 Å². The van der Waals surface area contributed by atoms with Gasteiger partial charge in [-0.25, -0.2) is 14.6 Å². The SMILES string of the molecule is CCc1cc(CC)n(-c2cc(Br)ncn2)n1. The lowest BCUT2D eigenvalue weighted by atomic mass is 10.2. The average molecular weight is 281 g/mol. The zero-order valence-electron chi connectivity index (χ0n) is 9.31. The molecule has 16 heavy (non-hydrogen) atoms. The molecule has 0 atom stereocenters. The highest BCUT2D eigenvalue weighted by Crippen LogP contribution is 2.14. The molecule has 2 aromatic heterocycles.